The Kier molecular flexibility index (Phi) is 4.02. The molecule has 6 nitrogen and oxygen atoms in total. The van der Waals surface area contributed by atoms with Crippen LogP contribution in [0.4, 0.5) is 11.5 Å². The highest BCUT2D eigenvalue weighted by molar-refractivity contribution is 5.55. The maximum absolute atomic E-state index is 10.5. The van der Waals surface area contributed by atoms with Crippen LogP contribution in [0.25, 0.3) is 0 Å². The van der Waals surface area contributed by atoms with Gasteiger partial charge in [0.2, 0.25) is 0 Å². The van der Waals surface area contributed by atoms with Gasteiger partial charge in [0, 0.05) is 18.5 Å². The van der Waals surface area contributed by atoms with E-state index in [1.54, 1.807) is 0 Å². The minimum atomic E-state index is -0.595. The first-order valence-electron chi connectivity index (χ1n) is 4.83. The summed E-state index contributed by atoms with van der Waals surface area (Å²) in [6, 6.07) is 2.98. The van der Waals surface area contributed by atoms with Crippen LogP contribution < -0.4 is 5.32 Å². The van der Waals surface area contributed by atoms with E-state index in [-0.39, 0.29) is 17.3 Å². The summed E-state index contributed by atoms with van der Waals surface area (Å²) in [6.45, 7) is 1.84. The summed E-state index contributed by atoms with van der Waals surface area (Å²) in [5, 5.41) is 22.3. The van der Waals surface area contributed by atoms with Crippen molar-refractivity contribution in [3.63, 3.8) is 0 Å². The average molecular weight is 230 g/mol. The van der Waals surface area contributed by atoms with Crippen molar-refractivity contribution in [2.45, 2.75) is 19.4 Å². The summed E-state index contributed by atoms with van der Waals surface area (Å²) in [6.07, 6.45) is 6.73. The summed E-state index contributed by atoms with van der Waals surface area (Å²) in [7, 11) is 0. The molecule has 0 saturated heterocycles. The van der Waals surface area contributed by atoms with Crippen molar-refractivity contribution in [1.82, 2.24) is 4.98 Å². The molecule has 1 N–H and O–H groups in total. The Morgan fingerprint density at radius 1 is 1.76 bits per heavy atom. The van der Waals surface area contributed by atoms with Crippen LogP contribution in [0.5, 0.6) is 0 Å². The first kappa shape index (κ1) is 12.5. The third kappa shape index (κ3) is 3.18. The van der Waals surface area contributed by atoms with Gasteiger partial charge in [0.15, 0.2) is 0 Å². The number of rotatable bonds is 4. The molecule has 6 heteroatoms. The van der Waals surface area contributed by atoms with Crippen molar-refractivity contribution in [1.29, 1.82) is 5.26 Å². The molecular formula is C11H10N4O2. The first-order chi connectivity index (χ1) is 8.08. The largest absolute Gasteiger partial charge is 0.366 e. The summed E-state index contributed by atoms with van der Waals surface area (Å²) < 4.78 is 0. The number of terminal acetylenes is 1. The second-order valence-electron chi connectivity index (χ2n) is 3.41. The predicted octanol–water partition coefficient (Wildman–Crippen LogP) is 1.69. The predicted molar refractivity (Wildman–Crippen MR) is 62.1 cm³/mol. The number of hydrogen-bond acceptors (Lipinski definition) is 5. The Balaban J connectivity index is 2.99. The number of hydrogen-bond donors (Lipinski definition) is 1. The fourth-order valence-corrected chi connectivity index (χ4v) is 1.22. The molecule has 0 bridgehead atoms. The quantitative estimate of drug-likeness (QED) is 0.482. The maximum atomic E-state index is 10.5. The van der Waals surface area contributed by atoms with Gasteiger partial charge in [0.1, 0.15) is 23.6 Å². The molecule has 0 aliphatic heterocycles. The number of pyridine rings is 1. The van der Waals surface area contributed by atoms with E-state index in [1.165, 1.54) is 6.07 Å². The zero-order chi connectivity index (χ0) is 12.8. The van der Waals surface area contributed by atoms with Crippen molar-refractivity contribution in [3.8, 4) is 18.4 Å². The fraction of sp³-hybridized carbons (Fsp3) is 0.273. The van der Waals surface area contributed by atoms with Crippen molar-refractivity contribution in [2.24, 2.45) is 0 Å². The van der Waals surface area contributed by atoms with Crippen LogP contribution >= 0.6 is 0 Å². The third-order valence-corrected chi connectivity index (χ3v) is 2.01. The number of nitrogens with one attached hydrogen (secondary N) is 1. The van der Waals surface area contributed by atoms with Crippen LogP contribution in [0, 0.1) is 33.8 Å². The van der Waals surface area contributed by atoms with Crippen LogP contribution in [0.3, 0.4) is 0 Å². The molecule has 0 aromatic carbocycles. The molecule has 1 rings (SSSR count). The smallest absolute Gasteiger partial charge is 0.289 e. The number of nitro groups is 1. The minimum Gasteiger partial charge on any atom is -0.366 e. The second kappa shape index (κ2) is 5.47. The van der Waals surface area contributed by atoms with Crippen LogP contribution in [0.1, 0.15) is 18.9 Å². The molecule has 0 spiro atoms. The minimum absolute atomic E-state index is 0.0546. The lowest BCUT2D eigenvalue weighted by molar-refractivity contribution is -0.385. The highest BCUT2D eigenvalue weighted by Crippen LogP contribution is 2.19. The third-order valence-electron chi connectivity index (χ3n) is 2.01. The van der Waals surface area contributed by atoms with Crippen LogP contribution in [0.15, 0.2) is 12.3 Å². The van der Waals surface area contributed by atoms with Gasteiger partial charge in [0.25, 0.3) is 5.69 Å². The molecule has 0 aliphatic rings. The molecule has 1 aromatic rings. The number of aromatic nitrogens is 1. The van der Waals surface area contributed by atoms with Gasteiger partial charge in [-0.05, 0) is 6.92 Å². The van der Waals surface area contributed by atoms with Crippen molar-refractivity contribution >= 4 is 11.5 Å². The molecular weight excluding hydrogens is 220 g/mol. The summed E-state index contributed by atoms with van der Waals surface area (Å²) in [5.74, 6) is 2.78. The van der Waals surface area contributed by atoms with E-state index in [1.807, 2.05) is 13.0 Å². The molecule has 1 heterocycles. The van der Waals surface area contributed by atoms with E-state index >= 15 is 0 Å². The lowest BCUT2D eigenvalue weighted by Crippen LogP contribution is -2.16. The number of anilines is 1. The van der Waals surface area contributed by atoms with Gasteiger partial charge >= 0.3 is 0 Å². The number of nitrogens with zero attached hydrogens (tertiary/aromatic N) is 3. The van der Waals surface area contributed by atoms with Crippen molar-refractivity contribution < 1.29 is 4.92 Å². The van der Waals surface area contributed by atoms with E-state index in [0.29, 0.717) is 12.2 Å². The number of nitriles is 1. The standard InChI is InChI=1S/C11H10N4O2/c1-3-4-8(2)14-11-9(6-12)5-10(7-13-11)15(16)17/h1,5,7-8H,4H2,2H3,(H,13,14). The molecule has 1 atom stereocenters. The summed E-state index contributed by atoms with van der Waals surface area (Å²) in [4.78, 5) is 13.8. The van der Waals surface area contributed by atoms with Gasteiger partial charge in [-0.15, -0.1) is 12.3 Å². The first-order valence-corrected chi connectivity index (χ1v) is 4.83. The molecule has 17 heavy (non-hydrogen) atoms. The average Bonchev–Trinajstić information content (AvgIpc) is 2.29. The van der Waals surface area contributed by atoms with Gasteiger partial charge in [-0.3, -0.25) is 10.1 Å². The molecule has 0 aliphatic carbocycles. The molecule has 0 amide bonds. The van der Waals surface area contributed by atoms with Gasteiger partial charge < -0.3 is 5.32 Å². The Morgan fingerprint density at radius 3 is 3.00 bits per heavy atom. The zero-order valence-corrected chi connectivity index (χ0v) is 9.17. The highest BCUT2D eigenvalue weighted by atomic mass is 16.6. The summed E-state index contributed by atoms with van der Waals surface area (Å²) in [5.41, 5.74) is -0.0835. The van der Waals surface area contributed by atoms with E-state index in [4.69, 9.17) is 11.7 Å². The lowest BCUT2D eigenvalue weighted by Gasteiger charge is -2.12. The monoisotopic (exact) mass is 230 g/mol. The van der Waals surface area contributed by atoms with Gasteiger partial charge in [0.05, 0.1) is 4.92 Å². The van der Waals surface area contributed by atoms with E-state index in [9.17, 15) is 10.1 Å². The molecule has 1 unspecified atom stereocenters. The van der Waals surface area contributed by atoms with Gasteiger partial charge in [-0.2, -0.15) is 5.26 Å². The topological polar surface area (TPSA) is 91.8 Å². The Bertz CT molecular complexity index is 513. The maximum Gasteiger partial charge on any atom is 0.289 e. The van der Waals surface area contributed by atoms with E-state index in [0.717, 1.165) is 6.20 Å². The van der Waals surface area contributed by atoms with Crippen LogP contribution in [-0.2, 0) is 0 Å². The van der Waals surface area contributed by atoms with Crippen molar-refractivity contribution in [2.75, 3.05) is 5.32 Å². The normalized spacial score (nSPS) is 11.0. The van der Waals surface area contributed by atoms with Crippen LogP contribution in [-0.4, -0.2) is 15.9 Å². The van der Waals surface area contributed by atoms with Gasteiger partial charge in [-0.25, -0.2) is 4.98 Å². The zero-order valence-electron chi connectivity index (χ0n) is 9.17. The molecule has 1 aromatic heterocycles. The van der Waals surface area contributed by atoms with Crippen LogP contribution in [0.2, 0.25) is 0 Å². The highest BCUT2D eigenvalue weighted by Gasteiger charge is 2.13. The van der Waals surface area contributed by atoms with Gasteiger partial charge in [-0.1, -0.05) is 0 Å². The Labute approximate surface area is 98.4 Å². The molecule has 0 radical (unpaired) electrons. The lowest BCUT2D eigenvalue weighted by atomic mass is 10.2. The Morgan fingerprint density at radius 2 is 2.47 bits per heavy atom. The van der Waals surface area contributed by atoms with E-state index < -0.39 is 4.92 Å². The molecule has 0 saturated carbocycles. The van der Waals surface area contributed by atoms with Crippen molar-refractivity contribution in [3.05, 3.63) is 27.9 Å². The van der Waals surface area contributed by atoms with E-state index in [2.05, 4.69) is 16.2 Å². The Hall–Kier alpha value is -2.60. The second-order valence-corrected chi connectivity index (χ2v) is 3.41. The summed E-state index contributed by atoms with van der Waals surface area (Å²) >= 11 is 0. The fourth-order valence-electron chi connectivity index (χ4n) is 1.22. The molecule has 0 fully saturated rings. The molecule has 86 valence electrons. The SMILES string of the molecule is C#CCC(C)Nc1ncc([N+](=O)[O-])cc1C#N.